The van der Waals surface area contributed by atoms with Gasteiger partial charge >= 0.3 is 0 Å². The van der Waals surface area contributed by atoms with Gasteiger partial charge in [-0.2, -0.15) is 0 Å². The number of aliphatic hydroxyl groups is 1. The van der Waals surface area contributed by atoms with Gasteiger partial charge in [0.1, 0.15) is 11.6 Å². The second-order valence-electron chi connectivity index (χ2n) is 5.09. The van der Waals surface area contributed by atoms with Crippen molar-refractivity contribution in [3.63, 3.8) is 0 Å². The Balaban J connectivity index is 1.69. The van der Waals surface area contributed by atoms with Crippen molar-refractivity contribution in [1.82, 2.24) is 19.7 Å². The molecule has 106 valence electrons. The number of β-amino-alcohol motifs (C(OH)–C–C–N with tert-alkyl or cyclic N) is 1. The van der Waals surface area contributed by atoms with Crippen LogP contribution in [0.5, 0.6) is 0 Å². The van der Waals surface area contributed by atoms with Crippen LogP contribution in [0.4, 0.5) is 0 Å². The maximum Gasteiger partial charge on any atom is 0.147 e. The Morgan fingerprint density at radius 1 is 1.30 bits per heavy atom. The normalized spacial score (nSPS) is 16.9. The maximum absolute atomic E-state index is 10.3. The van der Waals surface area contributed by atoms with Crippen LogP contribution in [0.25, 0.3) is 0 Å². The minimum Gasteiger partial charge on any atom is -0.387 e. The van der Waals surface area contributed by atoms with Gasteiger partial charge in [0, 0.05) is 30.2 Å². The van der Waals surface area contributed by atoms with Gasteiger partial charge < -0.3 is 9.67 Å². The second-order valence-corrected chi connectivity index (χ2v) is 5.49. The van der Waals surface area contributed by atoms with Gasteiger partial charge in [-0.15, -0.1) is 10.2 Å². The molecule has 0 spiro atoms. The van der Waals surface area contributed by atoms with E-state index < -0.39 is 6.10 Å². The number of aliphatic hydroxyl groups excluding tert-OH is 1. The maximum atomic E-state index is 10.3. The highest BCUT2D eigenvalue weighted by Crippen LogP contribution is 2.24. The summed E-state index contributed by atoms with van der Waals surface area (Å²) in [5, 5.41) is 19.2. The third-order valence-corrected chi connectivity index (χ3v) is 4.06. The van der Waals surface area contributed by atoms with Crippen molar-refractivity contribution in [1.29, 1.82) is 0 Å². The molecule has 6 heteroatoms. The van der Waals surface area contributed by atoms with E-state index in [1.807, 2.05) is 25.1 Å². The molecule has 0 aliphatic carbocycles. The van der Waals surface area contributed by atoms with E-state index in [0.29, 0.717) is 18.1 Å². The van der Waals surface area contributed by atoms with Crippen LogP contribution >= 0.6 is 11.6 Å². The largest absolute Gasteiger partial charge is 0.387 e. The lowest BCUT2D eigenvalue weighted by Crippen LogP contribution is -2.36. The Morgan fingerprint density at radius 2 is 2.10 bits per heavy atom. The lowest BCUT2D eigenvalue weighted by atomic mass is 10.1. The van der Waals surface area contributed by atoms with Gasteiger partial charge in [-0.05, 0) is 13.0 Å². The minimum atomic E-state index is -0.584. The second kappa shape index (κ2) is 5.52. The molecule has 0 bridgehead atoms. The third-order valence-electron chi connectivity index (χ3n) is 3.71. The molecule has 1 N–H and O–H groups in total. The first-order valence-corrected chi connectivity index (χ1v) is 7.06. The van der Waals surface area contributed by atoms with Crippen LogP contribution in [-0.2, 0) is 13.1 Å². The number of aryl methyl sites for hydroxylation is 1. The van der Waals surface area contributed by atoms with Gasteiger partial charge in [-0.25, -0.2) is 0 Å². The SMILES string of the molecule is Cc1nnc2n1CCN(C[C@@H](O)c1ccccc1Cl)C2. The summed E-state index contributed by atoms with van der Waals surface area (Å²) in [6.07, 6.45) is -0.584. The van der Waals surface area contributed by atoms with Crippen molar-refractivity contribution in [2.24, 2.45) is 0 Å². The fourth-order valence-electron chi connectivity index (χ4n) is 2.60. The molecule has 0 fully saturated rings. The lowest BCUT2D eigenvalue weighted by Gasteiger charge is -2.29. The molecular weight excluding hydrogens is 276 g/mol. The fraction of sp³-hybridized carbons (Fsp3) is 0.429. The van der Waals surface area contributed by atoms with E-state index in [0.717, 1.165) is 30.3 Å². The lowest BCUT2D eigenvalue weighted by molar-refractivity contribution is 0.0961. The summed E-state index contributed by atoms with van der Waals surface area (Å²) in [5.41, 5.74) is 0.775. The number of benzene rings is 1. The Hall–Kier alpha value is -1.43. The molecule has 1 aromatic heterocycles. The third kappa shape index (κ3) is 2.57. The summed E-state index contributed by atoms with van der Waals surface area (Å²) >= 11 is 6.12. The van der Waals surface area contributed by atoms with Crippen molar-refractivity contribution in [3.8, 4) is 0 Å². The first-order valence-electron chi connectivity index (χ1n) is 6.68. The number of hydrogen-bond donors (Lipinski definition) is 1. The standard InChI is InChI=1S/C14H17ClN4O/c1-10-16-17-14-9-18(6-7-19(10)14)8-13(20)11-4-2-3-5-12(11)15/h2-5,13,20H,6-9H2,1H3/t13-/m1/s1. The molecule has 0 saturated heterocycles. The van der Waals surface area contributed by atoms with Crippen LogP contribution < -0.4 is 0 Å². The highest BCUT2D eigenvalue weighted by molar-refractivity contribution is 6.31. The fourth-order valence-corrected chi connectivity index (χ4v) is 2.86. The van der Waals surface area contributed by atoms with Crippen molar-refractivity contribution in [2.75, 3.05) is 13.1 Å². The molecule has 0 unspecified atom stereocenters. The highest BCUT2D eigenvalue weighted by Gasteiger charge is 2.22. The molecule has 1 aliphatic rings. The van der Waals surface area contributed by atoms with Gasteiger partial charge in [0.15, 0.2) is 0 Å². The molecule has 20 heavy (non-hydrogen) atoms. The molecule has 2 aromatic rings. The molecule has 1 atom stereocenters. The molecule has 0 amide bonds. The predicted octanol–water partition coefficient (Wildman–Crippen LogP) is 1.79. The Labute approximate surface area is 122 Å². The van der Waals surface area contributed by atoms with Gasteiger partial charge in [-0.1, -0.05) is 29.8 Å². The zero-order valence-corrected chi connectivity index (χ0v) is 12.1. The first-order chi connectivity index (χ1) is 9.65. The van der Waals surface area contributed by atoms with Crippen LogP contribution in [0.3, 0.4) is 0 Å². The number of aromatic nitrogens is 3. The summed E-state index contributed by atoms with van der Waals surface area (Å²) in [7, 11) is 0. The zero-order chi connectivity index (χ0) is 14.1. The molecule has 1 aliphatic heterocycles. The molecular formula is C14H17ClN4O. The number of fused-ring (bicyclic) bond motifs is 1. The van der Waals surface area contributed by atoms with Crippen molar-refractivity contribution in [3.05, 3.63) is 46.5 Å². The molecule has 5 nitrogen and oxygen atoms in total. The summed E-state index contributed by atoms with van der Waals surface area (Å²) < 4.78 is 2.12. The van der Waals surface area contributed by atoms with Gasteiger partial charge in [0.05, 0.1) is 12.6 Å². The van der Waals surface area contributed by atoms with Crippen LogP contribution in [0.2, 0.25) is 5.02 Å². The van der Waals surface area contributed by atoms with Crippen molar-refractivity contribution >= 4 is 11.6 Å². The smallest absolute Gasteiger partial charge is 0.147 e. The van der Waals surface area contributed by atoms with E-state index in [1.54, 1.807) is 6.07 Å². The van der Waals surface area contributed by atoms with Gasteiger partial charge in [-0.3, -0.25) is 4.90 Å². The number of nitrogens with zero attached hydrogens (tertiary/aromatic N) is 4. The molecule has 0 radical (unpaired) electrons. The number of hydrogen-bond acceptors (Lipinski definition) is 4. The Kier molecular flexibility index (Phi) is 3.74. The summed E-state index contributed by atoms with van der Waals surface area (Å²) in [5.74, 6) is 1.91. The van der Waals surface area contributed by atoms with E-state index in [4.69, 9.17) is 11.6 Å². The van der Waals surface area contributed by atoms with Gasteiger partial charge in [0.2, 0.25) is 0 Å². The summed E-state index contributed by atoms with van der Waals surface area (Å²) in [4.78, 5) is 2.18. The van der Waals surface area contributed by atoms with Crippen LogP contribution in [0, 0.1) is 6.92 Å². The van der Waals surface area contributed by atoms with Gasteiger partial charge in [0.25, 0.3) is 0 Å². The number of halogens is 1. The monoisotopic (exact) mass is 292 g/mol. The average molecular weight is 293 g/mol. The first kappa shape index (κ1) is 13.5. The Morgan fingerprint density at radius 3 is 2.90 bits per heavy atom. The zero-order valence-electron chi connectivity index (χ0n) is 11.3. The highest BCUT2D eigenvalue weighted by atomic mass is 35.5. The van der Waals surface area contributed by atoms with Crippen LogP contribution in [0.1, 0.15) is 23.3 Å². The molecule has 3 rings (SSSR count). The molecule has 1 aromatic carbocycles. The molecule has 2 heterocycles. The molecule has 0 saturated carbocycles. The topological polar surface area (TPSA) is 54.2 Å². The van der Waals surface area contributed by atoms with Crippen LogP contribution in [-0.4, -0.2) is 37.9 Å². The van der Waals surface area contributed by atoms with E-state index in [9.17, 15) is 5.11 Å². The van der Waals surface area contributed by atoms with Crippen molar-refractivity contribution in [2.45, 2.75) is 26.1 Å². The number of rotatable bonds is 3. The summed E-state index contributed by atoms with van der Waals surface area (Å²) in [6.45, 7) is 4.97. The minimum absolute atomic E-state index is 0.551. The summed E-state index contributed by atoms with van der Waals surface area (Å²) in [6, 6.07) is 7.42. The van der Waals surface area contributed by atoms with E-state index in [2.05, 4.69) is 19.7 Å². The van der Waals surface area contributed by atoms with Crippen molar-refractivity contribution < 1.29 is 5.11 Å². The van der Waals surface area contributed by atoms with E-state index >= 15 is 0 Å². The quantitative estimate of drug-likeness (QED) is 0.937. The predicted molar refractivity (Wildman–Crippen MR) is 76.4 cm³/mol. The van der Waals surface area contributed by atoms with E-state index in [1.165, 1.54) is 0 Å². The average Bonchev–Trinajstić information content (AvgIpc) is 2.80. The van der Waals surface area contributed by atoms with Crippen LogP contribution in [0.15, 0.2) is 24.3 Å². The van der Waals surface area contributed by atoms with E-state index in [-0.39, 0.29) is 0 Å². The Bertz CT molecular complexity index is 613.